The molecule has 3 rings (SSSR count). The van der Waals surface area contributed by atoms with E-state index in [0.717, 1.165) is 27.8 Å². The normalized spacial score (nSPS) is 10.5. The van der Waals surface area contributed by atoms with Gasteiger partial charge in [-0.15, -0.1) is 0 Å². The van der Waals surface area contributed by atoms with E-state index in [9.17, 15) is 0 Å². The third kappa shape index (κ3) is 2.83. The van der Waals surface area contributed by atoms with Crippen molar-refractivity contribution < 1.29 is 0 Å². The fourth-order valence-corrected chi connectivity index (χ4v) is 2.07. The standard InChI is InChI=1S/C16H14ClN3/c1-11-2-8-14(9-3-11)18-16-10-15(19-20-16)12-4-6-13(17)7-5-12/h2-10H,1H3,(H2,18,19,20). The number of aryl methyl sites for hydroxylation is 1. The molecule has 20 heavy (non-hydrogen) atoms. The van der Waals surface area contributed by atoms with Gasteiger partial charge in [0.1, 0.15) is 0 Å². The Hall–Kier alpha value is -2.26. The monoisotopic (exact) mass is 283 g/mol. The number of hydrogen-bond acceptors (Lipinski definition) is 2. The zero-order valence-electron chi connectivity index (χ0n) is 11.0. The van der Waals surface area contributed by atoms with Gasteiger partial charge >= 0.3 is 0 Å². The molecule has 4 heteroatoms. The SMILES string of the molecule is Cc1ccc(Nc2cc(-c3ccc(Cl)cc3)[nH]n2)cc1. The lowest BCUT2D eigenvalue weighted by Crippen LogP contribution is -1.89. The van der Waals surface area contributed by atoms with Crippen LogP contribution in [0, 0.1) is 6.92 Å². The molecule has 0 aliphatic rings. The average Bonchev–Trinajstić information content (AvgIpc) is 2.91. The Labute approximate surface area is 122 Å². The number of aromatic amines is 1. The fraction of sp³-hybridized carbons (Fsp3) is 0.0625. The first-order valence-electron chi connectivity index (χ1n) is 6.36. The Kier molecular flexibility index (Phi) is 3.44. The van der Waals surface area contributed by atoms with Crippen LogP contribution in [0.4, 0.5) is 11.5 Å². The van der Waals surface area contributed by atoms with E-state index in [-0.39, 0.29) is 0 Å². The molecule has 0 saturated heterocycles. The molecular formula is C16H14ClN3. The van der Waals surface area contributed by atoms with E-state index < -0.39 is 0 Å². The molecule has 0 unspecified atom stereocenters. The number of nitrogens with one attached hydrogen (secondary N) is 2. The van der Waals surface area contributed by atoms with Gasteiger partial charge in [0.25, 0.3) is 0 Å². The van der Waals surface area contributed by atoms with Crippen LogP contribution in [-0.4, -0.2) is 10.2 Å². The van der Waals surface area contributed by atoms with Gasteiger partial charge in [-0.2, -0.15) is 5.10 Å². The van der Waals surface area contributed by atoms with Crippen LogP contribution in [-0.2, 0) is 0 Å². The number of hydrogen-bond donors (Lipinski definition) is 2. The lowest BCUT2D eigenvalue weighted by atomic mass is 10.1. The van der Waals surface area contributed by atoms with Crippen LogP contribution in [0.3, 0.4) is 0 Å². The molecule has 0 radical (unpaired) electrons. The van der Waals surface area contributed by atoms with E-state index in [4.69, 9.17) is 11.6 Å². The maximum Gasteiger partial charge on any atom is 0.152 e. The maximum atomic E-state index is 5.89. The van der Waals surface area contributed by atoms with Gasteiger partial charge in [-0.05, 0) is 36.8 Å². The topological polar surface area (TPSA) is 40.7 Å². The van der Waals surface area contributed by atoms with Crippen molar-refractivity contribution in [2.45, 2.75) is 6.92 Å². The predicted molar refractivity (Wildman–Crippen MR) is 83.5 cm³/mol. The van der Waals surface area contributed by atoms with Gasteiger partial charge in [0.15, 0.2) is 5.82 Å². The molecule has 2 N–H and O–H groups in total. The number of halogens is 1. The first kappa shape index (κ1) is 12.8. The largest absolute Gasteiger partial charge is 0.339 e. The molecule has 0 saturated carbocycles. The van der Waals surface area contributed by atoms with Crippen LogP contribution in [0.2, 0.25) is 5.02 Å². The van der Waals surface area contributed by atoms with Gasteiger partial charge in [-0.25, -0.2) is 0 Å². The second-order valence-corrected chi connectivity index (χ2v) is 5.10. The number of benzene rings is 2. The quantitative estimate of drug-likeness (QED) is 0.726. The summed E-state index contributed by atoms with van der Waals surface area (Å²) in [7, 11) is 0. The molecule has 2 aromatic carbocycles. The second kappa shape index (κ2) is 5.39. The second-order valence-electron chi connectivity index (χ2n) is 4.66. The minimum Gasteiger partial charge on any atom is -0.339 e. The minimum absolute atomic E-state index is 0.728. The highest BCUT2D eigenvalue weighted by Crippen LogP contribution is 2.23. The number of anilines is 2. The van der Waals surface area contributed by atoms with Crippen molar-refractivity contribution in [3.63, 3.8) is 0 Å². The summed E-state index contributed by atoms with van der Waals surface area (Å²) in [6.45, 7) is 2.07. The van der Waals surface area contributed by atoms with Crippen molar-refractivity contribution in [1.29, 1.82) is 0 Å². The van der Waals surface area contributed by atoms with Gasteiger partial charge in [0, 0.05) is 16.8 Å². The van der Waals surface area contributed by atoms with Gasteiger partial charge in [-0.1, -0.05) is 41.4 Å². The first-order chi connectivity index (χ1) is 9.70. The first-order valence-corrected chi connectivity index (χ1v) is 6.73. The van der Waals surface area contributed by atoms with Crippen molar-refractivity contribution in [1.82, 2.24) is 10.2 Å². The van der Waals surface area contributed by atoms with Crippen LogP contribution in [0.15, 0.2) is 54.6 Å². The lowest BCUT2D eigenvalue weighted by molar-refractivity contribution is 1.10. The molecule has 1 aromatic heterocycles. The molecule has 100 valence electrons. The summed E-state index contributed by atoms with van der Waals surface area (Å²) in [4.78, 5) is 0. The third-order valence-corrected chi connectivity index (χ3v) is 3.31. The Bertz CT molecular complexity index is 699. The minimum atomic E-state index is 0.728. The highest BCUT2D eigenvalue weighted by Gasteiger charge is 2.04. The van der Waals surface area contributed by atoms with E-state index in [1.807, 2.05) is 42.5 Å². The Morgan fingerprint density at radius 1 is 1.00 bits per heavy atom. The average molecular weight is 284 g/mol. The van der Waals surface area contributed by atoms with Crippen LogP contribution >= 0.6 is 11.6 Å². The fourth-order valence-electron chi connectivity index (χ4n) is 1.95. The number of nitrogens with zero attached hydrogens (tertiary/aromatic N) is 1. The van der Waals surface area contributed by atoms with Crippen molar-refractivity contribution >= 4 is 23.1 Å². The summed E-state index contributed by atoms with van der Waals surface area (Å²) < 4.78 is 0. The molecule has 0 bridgehead atoms. The van der Waals surface area contributed by atoms with Crippen molar-refractivity contribution in [2.24, 2.45) is 0 Å². The van der Waals surface area contributed by atoms with Gasteiger partial charge in [0.05, 0.1) is 5.69 Å². The number of rotatable bonds is 3. The van der Waals surface area contributed by atoms with Crippen LogP contribution in [0.5, 0.6) is 0 Å². The summed E-state index contributed by atoms with van der Waals surface area (Å²) >= 11 is 5.89. The molecule has 1 heterocycles. The molecule has 0 aliphatic carbocycles. The summed E-state index contributed by atoms with van der Waals surface area (Å²) in [6, 6.07) is 17.8. The van der Waals surface area contributed by atoms with E-state index in [1.165, 1.54) is 5.56 Å². The molecule has 0 spiro atoms. The lowest BCUT2D eigenvalue weighted by Gasteiger charge is -2.02. The summed E-state index contributed by atoms with van der Waals surface area (Å²) in [6.07, 6.45) is 0. The zero-order chi connectivity index (χ0) is 13.9. The third-order valence-electron chi connectivity index (χ3n) is 3.06. The number of aromatic nitrogens is 2. The maximum absolute atomic E-state index is 5.89. The highest BCUT2D eigenvalue weighted by atomic mass is 35.5. The molecule has 3 nitrogen and oxygen atoms in total. The Morgan fingerprint density at radius 3 is 2.40 bits per heavy atom. The summed E-state index contributed by atoms with van der Waals surface area (Å²) in [5.74, 6) is 0.791. The van der Waals surface area contributed by atoms with E-state index in [0.29, 0.717) is 0 Å². The molecule has 0 fully saturated rings. The predicted octanol–water partition coefficient (Wildman–Crippen LogP) is 4.78. The molecular weight excluding hydrogens is 270 g/mol. The Morgan fingerprint density at radius 2 is 1.70 bits per heavy atom. The summed E-state index contributed by atoms with van der Waals surface area (Å²) in [5.41, 5.74) is 4.26. The van der Waals surface area contributed by atoms with E-state index in [2.05, 4.69) is 34.6 Å². The van der Waals surface area contributed by atoms with Crippen molar-refractivity contribution in [2.75, 3.05) is 5.32 Å². The van der Waals surface area contributed by atoms with E-state index in [1.54, 1.807) is 0 Å². The van der Waals surface area contributed by atoms with Gasteiger partial charge in [0.2, 0.25) is 0 Å². The van der Waals surface area contributed by atoms with Crippen molar-refractivity contribution in [3.05, 3.63) is 65.2 Å². The molecule has 3 aromatic rings. The number of H-pyrrole nitrogens is 1. The molecule has 0 amide bonds. The highest BCUT2D eigenvalue weighted by molar-refractivity contribution is 6.30. The van der Waals surface area contributed by atoms with Crippen LogP contribution in [0.1, 0.15) is 5.56 Å². The molecule has 0 aliphatic heterocycles. The van der Waals surface area contributed by atoms with Crippen LogP contribution < -0.4 is 5.32 Å². The summed E-state index contributed by atoms with van der Waals surface area (Å²) in [5, 5.41) is 11.3. The Balaban J connectivity index is 1.80. The van der Waals surface area contributed by atoms with Crippen LogP contribution in [0.25, 0.3) is 11.3 Å². The zero-order valence-corrected chi connectivity index (χ0v) is 11.8. The molecule has 0 atom stereocenters. The van der Waals surface area contributed by atoms with Gasteiger partial charge in [-0.3, -0.25) is 5.10 Å². The van der Waals surface area contributed by atoms with E-state index >= 15 is 0 Å². The smallest absolute Gasteiger partial charge is 0.152 e. The van der Waals surface area contributed by atoms with Gasteiger partial charge < -0.3 is 5.32 Å². The van der Waals surface area contributed by atoms with Crippen molar-refractivity contribution in [3.8, 4) is 11.3 Å².